The molecule has 84 valence electrons. The van der Waals surface area contributed by atoms with Gasteiger partial charge in [-0.1, -0.05) is 12.1 Å². The molecule has 2 aromatic rings. The molecule has 0 radical (unpaired) electrons. The number of rotatable bonds is 2. The molecule has 1 aromatic carbocycles. The van der Waals surface area contributed by atoms with Gasteiger partial charge in [0.1, 0.15) is 0 Å². The van der Waals surface area contributed by atoms with E-state index >= 15 is 0 Å². The molecule has 0 aliphatic carbocycles. The minimum absolute atomic E-state index is 0.0705. The van der Waals surface area contributed by atoms with Crippen LogP contribution in [0, 0.1) is 13.8 Å². The van der Waals surface area contributed by atoms with Crippen molar-refractivity contribution in [3.05, 3.63) is 45.7 Å². The van der Waals surface area contributed by atoms with Crippen LogP contribution in [0.3, 0.4) is 0 Å². The van der Waals surface area contributed by atoms with E-state index in [-0.39, 0.29) is 6.61 Å². The lowest BCUT2D eigenvalue weighted by atomic mass is 10.2. The first kappa shape index (κ1) is 11.4. The summed E-state index contributed by atoms with van der Waals surface area (Å²) in [6.07, 6.45) is 0. The molecule has 1 heterocycles. The zero-order valence-electron chi connectivity index (χ0n) is 9.24. The molecular weight excluding hydrogens is 268 g/mol. The summed E-state index contributed by atoms with van der Waals surface area (Å²) in [5, 5.41) is 13.4. The Labute approximate surface area is 103 Å². The van der Waals surface area contributed by atoms with Crippen LogP contribution in [-0.2, 0) is 6.61 Å². The van der Waals surface area contributed by atoms with Crippen molar-refractivity contribution in [1.29, 1.82) is 0 Å². The highest BCUT2D eigenvalue weighted by Crippen LogP contribution is 2.22. The molecule has 0 spiro atoms. The number of nitrogens with zero attached hydrogens (tertiary/aromatic N) is 2. The number of benzene rings is 1. The summed E-state index contributed by atoms with van der Waals surface area (Å²) in [6.45, 7) is 4.06. The molecule has 0 unspecified atom stereocenters. The Balaban J connectivity index is 2.46. The van der Waals surface area contributed by atoms with Crippen molar-refractivity contribution in [2.24, 2.45) is 0 Å². The molecule has 0 bridgehead atoms. The maximum absolute atomic E-state index is 8.97. The maximum Gasteiger partial charge on any atom is 0.0743 e. The summed E-state index contributed by atoms with van der Waals surface area (Å²) in [5.41, 5.74) is 3.96. The van der Waals surface area contributed by atoms with Gasteiger partial charge in [0.15, 0.2) is 0 Å². The molecule has 1 aromatic heterocycles. The highest BCUT2D eigenvalue weighted by atomic mass is 79.9. The SMILES string of the molecule is Cc1nn(-c2ccc(CO)cc2)c(C)c1Br. The van der Waals surface area contributed by atoms with Crippen LogP contribution in [0.1, 0.15) is 17.0 Å². The Morgan fingerprint density at radius 2 is 1.88 bits per heavy atom. The number of aromatic nitrogens is 2. The van der Waals surface area contributed by atoms with Crippen molar-refractivity contribution in [2.75, 3.05) is 0 Å². The molecule has 2 rings (SSSR count). The molecule has 0 saturated carbocycles. The molecule has 1 N–H and O–H groups in total. The third kappa shape index (κ3) is 1.90. The number of aliphatic hydroxyl groups is 1. The van der Waals surface area contributed by atoms with Crippen molar-refractivity contribution in [1.82, 2.24) is 9.78 Å². The van der Waals surface area contributed by atoms with Gasteiger partial charge in [-0.05, 0) is 47.5 Å². The fraction of sp³-hybridized carbons (Fsp3) is 0.250. The summed E-state index contributed by atoms with van der Waals surface area (Å²) < 4.78 is 2.93. The largest absolute Gasteiger partial charge is 0.392 e. The second-order valence-electron chi connectivity index (χ2n) is 3.72. The van der Waals surface area contributed by atoms with Gasteiger partial charge in [-0.25, -0.2) is 4.68 Å². The minimum atomic E-state index is 0.0705. The van der Waals surface area contributed by atoms with Crippen LogP contribution in [0.2, 0.25) is 0 Å². The van der Waals surface area contributed by atoms with Gasteiger partial charge in [-0.15, -0.1) is 0 Å². The average Bonchev–Trinajstić information content (AvgIpc) is 2.57. The van der Waals surface area contributed by atoms with E-state index in [9.17, 15) is 0 Å². The van der Waals surface area contributed by atoms with Crippen LogP contribution in [0.25, 0.3) is 5.69 Å². The molecule has 16 heavy (non-hydrogen) atoms. The fourth-order valence-corrected chi connectivity index (χ4v) is 1.86. The van der Waals surface area contributed by atoms with E-state index in [0.717, 1.165) is 27.1 Å². The highest BCUT2D eigenvalue weighted by molar-refractivity contribution is 9.10. The third-order valence-electron chi connectivity index (χ3n) is 2.57. The maximum atomic E-state index is 8.97. The van der Waals surface area contributed by atoms with Crippen molar-refractivity contribution in [2.45, 2.75) is 20.5 Å². The fourth-order valence-electron chi connectivity index (χ4n) is 1.62. The number of hydrogen-bond acceptors (Lipinski definition) is 2. The van der Waals surface area contributed by atoms with Crippen LogP contribution < -0.4 is 0 Å². The van der Waals surface area contributed by atoms with Crippen LogP contribution in [0.15, 0.2) is 28.7 Å². The zero-order chi connectivity index (χ0) is 11.7. The lowest BCUT2D eigenvalue weighted by Crippen LogP contribution is -1.99. The Hall–Kier alpha value is -1.13. The van der Waals surface area contributed by atoms with Gasteiger partial charge in [0.05, 0.1) is 28.2 Å². The summed E-state index contributed by atoms with van der Waals surface area (Å²) in [6, 6.07) is 7.72. The number of aliphatic hydroxyl groups excluding tert-OH is 1. The molecule has 0 atom stereocenters. The van der Waals surface area contributed by atoms with E-state index in [4.69, 9.17) is 5.11 Å². The first-order chi connectivity index (χ1) is 7.63. The van der Waals surface area contributed by atoms with E-state index in [2.05, 4.69) is 21.0 Å². The monoisotopic (exact) mass is 280 g/mol. The van der Waals surface area contributed by atoms with Crippen molar-refractivity contribution < 1.29 is 5.11 Å². The molecular formula is C12H13BrN2O. The quantitative estimate of drug-likeness (QED) is 0.919. The smallest absolute Gasteiger partial charge is 0.0743 e. The van der Waals surface area contributed by atoms with Gasteiger partial charge < -0.3 is 5.11 Å². The number of hydrogen-bond donors (Lipinski definition) is 1. The Kier molecular flexibility index (Phi) is 3.12. The predicted octanol–water partition coefficient (Wildman–Crippen LogP) is 2.74. The van der Waals surface area contributed by atoms with Gasteiger partial charge in [0, 0.05) is 0 Å². The van der Waals surface area contributed by atoms with E-state index in [1.54, 1.807) is 0 Å². The van der Waals surface area contributed by atoms with Gasteiger partial charge in [0.2, 0.25) is 0 Å². The molecule has 0 fully saturated rings. The highest BCUT2D eigenvalue weighted by Gasteiger charge is 2.09. The van der Waals surface area contributed by atoms with E-state index in [1.807, 2.05) is 42.8 Å². The van der Waals surface area contributed by atoms with Crippen molar-refractivity contribution in [3.8, 4) is 5.69 Å². The zero-order valence-corrected chi connectivity index (χ0v) is 10.8. The van der Waals surface area contributed by atoms with Gasteiger partial charge >= 0.3 is 0 Å². The Bertz CT molecular complexity index is 502. The summed E-state index contributed by atoms with van der Waals surface area (Å²) in [4.78, 5) is 0. The van der Waals surface area contributed by atoms with E-state index in [0.29, 0.717) is 0 Å². The summed E-state index contributed by atoms with van der Waals surface area (Å²) in [7, 11) is 0. The van der Waals surface area contributed by atoms with Crippen LogP contribution in [-0.4, -0.2) is 14.9 Å². The lowest BCUT2D eigenvalue weighted by molar-refractivity contribution is 0.282. The summed E-state index contributed by atoms with van der Waals surface area (Å²) >= 11 is 3.50. The first-order valence-corrected chi connectivity index (χ1v) is 5.84. The number of aryl methyl sites for hydroxylation is 1. The second kappa shape index (κ2) is 4.39. The molecule has 0 amide bonds. The van der Waals surface area contributed by atoms with Gasteiger partial charge in [0.25, 0.3) is 0 Å². The topological polar surface area (TPSA) is 38.0 Å². The van der Waals surface area contributed by atoms with Crippen LogP contribution in [0.5, 0.6) is 0 Å². The normalized spacial score (nSPS) is 10.8. The Morgan fingerprint density at radius 3 is 2.31 bits per heavy atom. The van der Waals surface area contributed by atoms with Gasteiger partial charge in [-0.2, -0.15) is 5.10 Å². The standard InChI is InChI=1S/C12H13BrN2O/c1-8-12(13)9(2)15(14-8)11-5-3-10(7-16)4-6-11/h3-6,16H,7H2,1-2H3. The molecule has 0 aliphatic heterocycles. The lowest BCUT2D eigenvalue weighted by Gasteiger charge is -2.05. The molecule has 3 nitrogen and oxygen atoms in total. The van der Waals surface area contributed by atoms with Crippen LogP contribution >= 0.6 is 15.9 Å². The average molecular weight is 281 g/mol. The molecule has 4 heteroatoms. The summed E-state index contributed by atoms with van der Waals surface area (Å²) in [5.74, 6) is 0. The minimum Gasteiger partial charge on any atom is -0.392 e. The van der Waals surface area contributed by atoms with Crippen LogP contribution in [0.4, 0.5) is 0 Å². The second-order valence-corrected chi connectivity index (χ2v) is 4.51. The van der Waals surface area contributed by atoms with E-state index in [1.165, 1.54) is 0 Å². The molecule has 0 aliphatic rings. The molecule has 0 saturated heterocycles. The van der Waals surface area contributed by atoms with E-state index < -0.39 is 0 Å². The van der Waals surface area contributed by atoms with Crippen molar-refractivity contribution in [3.63, 3.8) is 0 Å². The Morgan fingerprint density at radius 1 is 1.25 bits per heavy atom. The first-order valence-electron chi connectivity index (χ1n) is 5.05. The third-order valence-corrected chi connectivity index (χ3v) is 3.71. The number of halogens is 1. The van der Waals surface area contributed by atoms with Crippen molar-refractivity contribution >= 4 is 15.9 Å². The van der Waals surface area contributed by atoms with Gasteiger partial charge in [-0.3, -0.25) is 0 Å². The predicted molar refractivity (Wildman–Crippen MR) is 66.7 cm³/mol.